The van der Waals surface area contributed by atoms with E-state index in [0.29, 0.717) is 46.5 Å². The SMILES string of the molecule is O=C(CO)c1ccc(N2C[C@H]3[C@@H](C2=O)[C@H](c2cccc(Cl)c2F)[C@]2(C(=O)Nc4cc(Cl)ccc42)N3CC2CC2)cc1. The summed E-state index contributed by atoms with van der Waals surface area (Å²) < 4.78 is 15.9. The number of aliphatic hydroxyl groups excluding tert-OH is 1. The van der Waals surface area contributed by atoms with Gasteiger partial charge in [-0.05, 0) is 66.8 Å². The number of nitrogens with one attached hydrogen (secondary N) is 1. The van der Waals surface area contributed by atoms with Gasteiger partial charge in [-0.25, -0.2) is 4.39 Å². The predicted octanol–water partition coefficient (Wildman–Crippen LogP) is 5.00. The van der Waals surface area contributed by atoms with Gasteiger partial charge >= 0.3 is 0 Å². The first-order chi connectivity index (χ1) is 19.7. The Bertz CT molecular complexity index is 1610. The van der Waals surface area contributed by atoms with Gasteiger partial charge in [-0.15, -0.1) is 0 Å². The number of aliphatic hydroxyl groups is 1. The van der Waals surface area contributed by atoms with Crippen LogP contribution in [0.5, 0.6) is 0 Å². The number of carbonyl (C=O) groups is 3. The predicted molar refractivity (Wildman–Crippen MR) is 153 cm³/mol. The molecule has 2 amide bonds. The first kappa shape index (κ1) is 26.6. The molecule has 41 heavy (non-hydrogen) atoms. The van der Waals surface area contributed by atoms with Crippen LogP contribution in [0.25, 0.3) is 0 Å². The standard InChI is InChI=1S/C31H26Cl2FN3O4/c32-18-8-11-21-23(12-18)35-30(41)31(21)27(20-2-1-3-22(33)28(20)34)26-24(37(31)13-16-4-5-16)14-36(29(26)40)19-9-6-17(7-10-19)25(39)15-38/h1-3,6-12,16,24,26-27,38H,4-5,13-15H2,(H,35,41)/t24-,26+,27-,31+/m0/s1. The fourth-order valence-electron chi connectivity index (χ4n) is 7.17. The molecule has 3 aromatic carbocycles. The van der Waals surface area contributed by atoms with Crippen molar-refractivity contribution in [2.45, 2.75) is 30.3 Å². The van der Waals surface area contributed by atoms with Gasteiger partial charge in [-0.1, -0.05) is 41.4 Å². The van der Waals surface area contributed by atoms with Crippen molar-refractivity contribution in [1.82, 2.24) is 4.90 Å². The van der Waals surface area contributed by atoms with Gasteiger partial charge in [0, 0.05) is 52.6 Å². The van der Waals surface area contributed by atoms with E-state index in [2.05, 4.69) is 10.2 Å². The number of halogens is 3. The minimum atomic E-state index is -1.33. The molecule has 7 nitrogen and oxygen atoms in total. The van der Waals surface area contributed by atoms with Crippen LogP contribution >= 0.6 is 23.2 Å². The van der Waals surface area contributed by atoms with Crippen molar-refractivity contribution in [2.24, 2.45) is 11.8 Å². The largest absolute Gasteiger partial charge is 0.388 e. The average molecular weight is 594 g/mol. The van der Waals surface area contributed by atoms with Crippen LogP contribution in [0.15, 0.2) is 60.7 Å². The Hall–Kier alpha value is -3.30. The van der Waals surface area contributed by atoms with Gasteiger partial charge in [0.15, 0.2) is 5.78 Å². The summed E-state index contributed by atoms with van der Waals surface area (Å²) in [4.78, 5) is 44.4. The molecule has 2 saturated heterocycles. The monoisotopic (exact) mass is 593 g/mol. The van der Waals surface area contributed by atoms with Gasteiger partial charge in [0.05, 0.1) is 10.9 Å². The number of hydrogen-bond donors (Lipinski definition) is 2. The van der Waals surface area contributed by atoms with Crippen molar-refractivity contribution < 1.29 is 23.9 Å². The molecule has 4 atom stereocenters. The van der Waals surface area contributed by atoms with E-state index in [-0.39, 0.29) is 22.4 Å². The fourth-order valence-corrected chi connectivity index (χ4v) is 7.52. The van der Waals surface area contributed by atoms with E-state index in [1.54, 1.807) is 53.4 Å². The van der Waals surface area contributed by atoms with Crippen LogP contribution < -0.4 is 10.2 Å². The Morgan fingerprint density at radius 3 is 2.54 bits per heavy atom. The second kappa shape index (κ2) is 9.63. The number of benzene rings is 3. The molecule has 3 heterocycles. The van der Waals surface area contributed by atoms with Gasteiger partial charge in [0.25, 0.3) is 0 Å². The maximum absolute atomic E-state index is 15.9. The van der Waals surface area contributed by atoms with Gasteiger partial charge in [-0.3, -0.25) is 19.3 Å². The van der Waals surface area contributed by atoms with Crippen LogP contribution in [-0.2, 0) is 15.1 Å². The summed E-state index contributed by atoms with van der Waals surface area (Å²) in [5.74, 6) is -2.82. The summed E-state index contributed by atoms with van der Waals surface area (Å²) in [6.07, 6.45) is 2.04. The molecule has 210 valence electrons. The molecule has 1 spiro atoms. The minimum Gasteiger partial charge on any atom is -0.388 e. The summed E-state index contributed by atoms with van der Waals surface area (Å²) in [5.41, 5.74) is 1.06. The molecule has 0 radical (unpaired) electrons. The number of Topliss-reactive ketones (excluding diaryl/α,β-unsaturated/α-hetero) is 1. The lowest BCUT2D eigenvalue weighted by atomic mass is 9.71. The number of ketones is 1. The molecule has 10 heteroatoms. The first-order valence-corrected chi connectivity index (χ1v) is 14.4. The smallest absolute Gasteiger partial charge is 0.250 e. The summed E-state index contributed by atoms with van der Waals surface area (Å²) >= 11 is 12.6. The quantitative estimate of drug-likeness (QED) is 0.393. The molecule has 0 bridgehead atoms. The van der Waals surface area contributed by atoms with Crippen molar-refractivity contribution in [3.05, 3.63) is 93.2 Å². The van der Waals surface area contributed by atoms with Crippen LogP contribution in [0.2, 0.25) is 10.0 Å². The number of rotatable bonds is 6. The van der Waals surface area contributed by atoms with Crippen LogP contribution in [-0.4, -0.2) is 53.3 Å². The highest BCUT2D eigenvalue weighted by atomic mass is 35.5. The highest BCUT2D eigenvalue weighted by Crippen LogP contribution is 2.62. The van der Waals surface area contributed by atoms with E-state index < -0.39 is 41.6 Å². The maximum Gasteiger partial charge on any atom is 0.250 e. The Kier molecular flexibility index (Phi) is 6.24. The van der Waals surface area contributed by atoms with Crippen LogP contribution in [0.3, 0.4) is 0 Å². The molecule has 3 aromatic rings. The maximum atomic E-state index is 15.9. The number of hydrogen-bond acceptors (Lipinski definition) is 5. The third-order valence-corrected chi connectivity index (χ3v) is 9.62. The number of fused-ring (bicyclic) bond motifs is 3. The van der Waals surface area contributed by atoms with E-state index in [1.165, 1.54) is 6.07 Å². The summed E-state index contributed by atoms with van der Waals surface area (Å²) in [5, 5.41) is 12.6. The molecule has 0 aromatic heterocycles. The van der Waals surface area contributed by atoms with Crippen LogP contribution in [0, 0.1) is 17.7 Å². The number of likely N-dealkylation sites (tertiary alicyclic amines) is 1. The molecule has 2 N–H and O–H groups in total. The molecule has 0 unspecified atom stereocenters. The Morgan fingerprint density at radius 1 is 1.07 bits per heavy atom. The molecule has 1 aliphatic carbocycles. The summed E-state index contributed by atoms with van der Waals surface area (Å²) in [6.45, 7) is 0.270. The van der Waals surface area contributed by atoms with E-state index >= 15 is 4.39 Å². The summed E-state index contributed by atoms with van der Waals surface area (Å²) in [6, 6.07) is 16.1. The molecule has 4 aliphatic rings. The lowest BCUT2D eigenvalue weighted by Gasteiger charge is -2.41. The molecule has 1 saturated carbocycles. The third-order valence-electron chi connectivity index (χ3n) is 9.10. The third kappa shape index (κ3) is 3.88. The van der Waals surface area contributed by atoms with E-state index in [0.717, 1.165) is 12.8 Å². The zero-order valence-corrected chi connectivity index (χ0v) is 23.3. The average Bonchev–Trinajstić information content (AvgIpc) is 3.59. The highest BCUT2D eigenvalue weighted by molar-refractivity contribution is 6.31. The van der Waals surface area contributed by atoms with E-state index in [1.807, 2.05) is 6.07 Å². The van der Waals surface area contributed by atoms with E-state index in [9.17, 15) is 19.5 Å². The lowest BCUT2D eigenvalue weighted by molar-refractivity contribution is -0.128. The molecular formula is C31H26Cl2FN3O4. The normalized spacial score (nSPS) is 26.9. The number of anilines is 2. The van der Waals surface area contributed by atoms with Gasteiger partial charge in [-0.2, -0.15) is 0 Å². The number of carbonyl (C=O) groups excluding carboxylic acids is 3. The summed E-state index contributed by atoms with van der Waals surface area (Å²) in [7, 11) is 0. The second-order valence-corrected chi connectivity index (χ2v) is 12.1. The zero-order chi connectivity index (χ0) is 28.6. The second-order valence-electron chi connectivity index (χ2n) is 11.3. The van der Waals surface area contributed by atoms with Gasteiger partial charge < -0.3 is 15.3 Å². The van der Waals surface area contributed by atoms with Gasteiger partial charge in [0.2, 0.25) is 11.8 Å². The first-order valence-electron chi connectivity index (χ1n) is 13.6. The number of amides is 2. The topological polar surface area (TPSA) is 90.0 Å². The van der Waals surface area contributed by atoms with Crippen molar-refractivity contribution in [3.63, 3.8) is 0 Å². The van der Waals surface area contributed by atoms with Gasteiger partial charge in [0.1, 0.15) is 18.0 Å². The highest BCUT2D eigenvalue weighted by Gasteiger charge is 2.71. The molecule has 3 aliphatic heterocycles. The Labute approximate surface area is 245 Å². The zero-order valence-electron chi connectivity index (χ0n) is 21.8. The van der Waals surface area contributed by atoms with Crippen LogP contribution in [0.1, 0.15) is 40.2 Å². The van der Waals surface area contributed by atoms with Crippen molar-refractivity contribution >= 4 is 52.2 Å². The molecule has 7 rings (SSSR count). The lowest BCUT2D eigenvalue weighted by Crippen LogP contribution is -2.54. The molecular weight excluding hydrogens is 568 g/mol. The van der Waals surface area contributed by atoms with Crippen molar-refractivity contribution in [1.29, 1.82) is 0 Å². The Balaban J connectivity index is 1.41. The Morgan fingerprint density at radius 2 is 1.83 bits per heavy atom. The fraction of sp³-hybridized carbons (Fsp3) is 0.323. The number of nitrogens with zero attached hydrogens (tertiary/aromatic N) is 2. The van der Waals surface area contributed by atoms with Crippen molar-refractivity contribution in [2.75, 3.05) is 29.9 Å². The molecule has 3 fully saturated rings. The minimum absolute atomic E-state index is 0.0731. The van der Waals surface area contributed by atoms with E-state index in [4.69, 9.17) is 23.2 Å². The van der Waals surface area contributed by atoms with Crippen molar-refractivity contribution in [3.8, 4) is 0 Å². The van der Waals surface area contributed by atoms with Crippen LogP contribution in [0.4, 0.5) is 15.8 Å².